The third-order valence-corrected chi connectivity index (χ3v) is 3.74. The van der Waals surface area contributed by atoms with Crippen LogP contribution in [-0.4, -0.2) is 41.8 Å². The van der Waals surface area contributed by atoms with Gasteiger partial charge in [0.1, 0.15) is 11.6 Å². The van der Waals surface area contributed by atoms with Crippen molar-refractivity contribution in [3.63, 3.8) is 0 Å². The number of amides is 2. The number of anilines is 1. The maximum atomic E-state index is 11.9. The topological polar surface area (TPSA) is 95.9 Å². The van der Waals surface area contributed by atoms with Gasteiger partial charge in [-0.2, -0.15) is 0 Å². The molecular weight excluding hydrogens is 312 g/mol. The van der Waals surface area contributed by atoms with E-state index in [0.717, 1.165) is 17.7 Å². The van der Waals surface area contributed by atoms with Crippen molar-refractivity contribution in [3.05, 3.63) is 29.8 Å². The maximum absolute atomic E-state index is 11.9. The summed E-state index contributed by atoms with van der Waals surface area (Å²) >= 11 is 0. The number of hydrogen-bond acceptors (Lipinski definition) is 4. The first-order chi connectivity index (χ1) is 11.2. The molecule has 1 aromatic rings. The van der Waals surface area contributed by atoms with Gasteiger partial charge in [-0.25, -0.2) is 9.59 Å². The number of aliphatic carboxylic acids is 1. The van der Waals surface area contributed by atoms with E-state index in [1.54, 1.807) is 25.7 Å². The van der Waals surface area contributed by atoms with Crippen LogP contribution in [0.4, 0.5) is 10.5 Å². The number of carboxylic acid groups (broad SMARTS) is 1. The van der Waals surface area contributed by atoms with Crippen LogP contribution in [0.15, 0.2) is 24.3 Å². The van der Waals surface area contributed by atoms with Gasteiger partial charge in [-0.05, 0) is 38.8 Å². The molecule has 0 aliphatic carbocycles. The third-order valence-electron chi connectivity index (χ3n) is 3.74. The quantitative estimate of drug-likeness (QED) is 0.804. The van der Waals surface area contributed by atoms with Crippen LogP contribution in [0.3, 0.4) is 0 Å². The summed E-state index contributed by atoms with van der Waals surface area (Å²) in [6, 6.07) is 6.27. The Morgan fingerprint density at radius 3 is 2.67 bits per heavy atom. The van der Waals surface area contributed by atoms with Crippen molar-refractivity contribution < 1.29 is 24.2 Å². The van der Waals surface area contributed by atoms with E-state index >= 15 is 0 Å². The largest absolute Gasteiger partial charge is 0.480 e. The van der Waals surface area contributed by atoms with Crippen LogP contribution in [0.5, 0.6) is 0 Å². The number of carbonyl (C=O) groups excluding carboxylic acids is 2. The van der Waals surface area contributed by atoms with Crippen LogP contribution in [0.2, 0.25) is 0 Å². The number of rotatable bonds is 5. The van der Waals surface area contributed by atoms with Gasteiger partial charge >= 0.3 is 12.1 Å². The Morgan fingerprint density at radius 1 is 1.42 bits per heavy atom. The molecule has 1 aliphatic rings. The van der Waals surface area contributed by atoms with Crippen molar-refractivity contribution >= 4 is 24.2 Å². The summed E-state index contributed by atoms with van der Waals surface area (Å²) in [6.07, 6.45) is 0.139. The van der Waals surface area contributed by atoms with Gasteiger partial charge < -0.3 is 20.1 Å². The van der Waals surface area contributed by atoms with Crippen molar-refractivity contribution in [1.82, 2.24) is 5.32 Å². The van der Waals surface area contributed by atoms with E-state index in [1.165, 1.54) is 0 Å². The smallest absolute Gasteiger partial charge is 0.408 e. The highest BCUT2D eigenvalue weighted by atomic mass is 16.6. The molecule has 0 aromatic heterocycles. The minimum absolute atomic E-state index is 0.164. The molecule has 0 radical (unpaired) electrons. The first kappa shape index (κ1) is 17.8. The van der Waals surface area contributed by atoms with E-state index in [0.29, 0.717) is 6.54 Å². The number of benzene rings is 1. The molecule has 1 heterocycles. The van der Waals surface area contributed by atoms with Crippen molar-refractivity contribution in [2.75, 3.05) is 11.4 Å². The molecular formula is C17H22N2O5. The van der Waals surface area contributed by atoms with Crippen LogP contribution in [0.1, 0.15) is 38.7 Å². The van der Waals surface area contributed by atoms with E-state index < -0.39 is 23.7 Å². The molecule has 0 saturated heterocycles. The van der Waals surface area contributed by atoms with Gasteiger partial charge in [0.05, 0.1) is 0 Å². The molecule has 7 heteroatoms. The van der Waals surface area contributed by atoms with Crippen molar-refractivity contribution in [2.24, 2.45) is 0 Å². The van der Waals surface area contributed by atoms with Crippen molar-refractivity contribution in [1.29, 1.82) is 0 Å². The maximum Gasteiger partial charge on any atom is 0.408 e. The molecule has 0 spiro atoms. The summed E-state index contributed by atoms with van der Waals surface area (Å²) in [6.45, 7) is 5.51. The highest BCUT2D eigenvalue weighted by Gasteiger charge is 2.33. The number of carboxylic acids is 1. The lowest BCUT2D eigenvalue weighted by atomic mass is 9.94. The SMILES string of the molecule is CC(C)(C)OC(=O)N[C@@H](C[C@@H]1CN(C=O)c2ccccc21)C(=O)O. The Balaban J connectivity index is 2.10. The fourth-order valence-electron chi connectivity index (χ4n) is 2.79. The highest BCUT2D eigenvalue weighted by molar-refractivity contribution is 5.82. The van der Waals surface area contributed by atoms with Gasteiger partial charge in [0.2, 0.25) is 6.41 Å². The normalized spacial score (nSPS) is 17.8. The molecule has 0 fully saturated rings. The number of nitrogens with one attached hydrogen (secondary N) is 1. The van der Waals surface area contributed by atoms with E-state index in [4.69, 9.17) is 4.74 Å². The fourth-order valence-corrected chi connectivity index (χ4v) is 2.79. The summed E-state index contributed by atoms with van der Waals surface area (Å²) < 4.78 is 5.11. The van der Waals surface area contributed by atoms with Gasteiger partial charge in [-0.1, -0.05) is 18.2 Å². The van der Waals surface area contributed by atoms with Gasteiger partial charge in [-0.3, -0.25) is 4.79 Å². The summed E-state index contributed by atoms with van der Waals surface area (Å²) in [7, 11) is 0. The van der Waals surface area contributed by atoms with Gasteiger partial charge in [0.25, 0.3) is 0 Å². The molecule has 130 valence electrons. The number of alkyl carbamates (subject to hydrolysis) is 1. The molecule has 2 N–H and O–H groups in total. The zero-order chi connectivity index (χ0) is 17.9. The van der Waals surface area contributed by atoms with Crippen LogP contribution in [0.25, 0.3) is 0 Å². The summed E-state index contributed by atoms with van der Waals surface area (Å²) in [5.74, 6) is -1.30. The highest BCUT2D eigenvalue weighted by Crippen LogP contribution is 2.37. The average Bonchev–Trinajstić information content (AvgIpc) is 2.83. The zero-order valence-electron chi connectivity index (χ0n) is 14.0. The summed E-state index contributed by atoms with van der Waals surface area (Å²) in [5.41, 5.74) is 0.974. The molecule has 1 aliphatic heterocycles. The Bertz CT molecular complexity index is 638. The third kappa shape index (κ3) is 4.24. The van der Waals surface area contributed by atoms with Gasteiger partial charge in [0.15, 0.2) is 0 Å². The lowest BCUT2D eigenvalue weighted by Gasteiger charge is -2.23. The molecule has 0 bridgehead atoms. The van der Waals surface area contributed by atoms with Gasteiger partial charge in [-0.15, -0.1) is 0 Å². The first-order valence-corrected chi connectivity index (χ1v) is 7.74. The molecule has 2 amide bonds. The van der Waals surface area contributed by atoms with Crippen LogP contribution in [-0.2, 0) is 14.3 Å². The van der Waals surface area contributed by atoms with Crippen molar-refractivity contribution in [2.45, 2.75) is 44.8 Å². The van der Waals surface area contributed by atoms with E-state index in [2.05, 4.69) is 5.32 Å². The Kier molecular flexibility index (Phi) is 5.11. The number of para-hydroxylation sites is 1. The molecule has 1 aromatic carbocycles. The second-order valence-electron chi connectivity index (χ2n) is 6.79. The Hall–Kier alpha value is -2.57. The number of hydrogen-bond donors (Lipinski definition) is 2. The van der Waals surface area contributed by atoms with E-state index in [-0.39, 0.29) is 12.3 Å². The molecule has 0 saturated carbocycles. The second kappa shape index (κ2) is 6.90. The van der Waals surface area contributed by atoms with Crippen LogP contribution < -0.4 is 10.2 Å². The number of nitrogens with zero attached hydrogens (tertiary/aromatic N) is 1. The van der Waals surface area contributed by atoms with E-state index in [1.807, 2.05) is 24.3 Å². The monoisotopic (exact) mass is 334 g/mol. The minimum atomic E-state index is -1.14. The minimum Gasteiger partial charge on any atom is -0.480 e. The zero-order valence-corrected chi connectivity index (χ0v) is 14.0. The molecule has 2 atom stereocenters. The van der Waals surface area contributed by atoms with E-state index in [9.17, 15) is 19.5 Å². The Labute approximate surface area is 140 Å². The second-order valence-corrected chi connectivity index (χ2v) is 6.79. The molecule has 2 rings (SSSR count). The van der Waals surface area contributed by atoms with Crippen molar-refractivity contribution in [3.8, 4) is 0 Å². The summed E-state index contributed by atoms with van der Waals surface area (Å²) in [4.78, 5) is 36.1. The van der Waals surface area contributed by atoms with Gasteiger partial charge in [0, 0.05) is 18.2 Å². The standard InChI is InChI=1S/C17H22N2O5/c1-17(2,3)24-16(23)18-13(15(21)22)8-11-9-19(10-20)14-7-5-4-6-12(11)14/h4-7,10-11,13H,8-9H2,1-3H3,(H,18,23)(H,21,22)/t11-,13+/m1/s1. The summed E-state index contributed by atoms with van der Waals surface area (Å²) in [5, 5.41) is 11.8. The average molecular weight is 334 g/mol. The van der Waals surface area contributed by atoms with Crippen LogP contribution >= 0.6 is 0 Å². The van der Waals surface area contributed by atoms with Crippen LogP contribution in [0, 0.1) is 0 Å². The number of carbonyl (C=O) groups is 3. The molecule has 0 unspecified atom stereocenters. The molecule has 24 heavy (non-hydrogen) atoms. The lowest BCUT2D eigenvalue weighted by molar-refractivity contribution is -0.139. The lowest BCUT2D eigenvalue weighted by Crippen LogP contribution is -2.44. The molecule has 7 nitrogen and oxygen atoms in total. The number of ether oxygens (including phenoxy) is 1. The first-order valence-electron chi connectivity index (χ1n) is 7.74. The fraction of sp³-hybridized carbons (Fsp3) is 0.471. The number of fused-ring (bicyclic) bond motifs is 1. The predicted octanol–water partition coefficient (Wildman–Crippen LogP) is 2.11. The predicted molar refractivity (Wildman–Crippen MR) is 88.0 cm³/mol. The Morgan fingerprint density at radius 2 is 2.08 bits per heavy atom.